The van der Waals surface area contributed by atoms with E-state index >= 15 is 0 Å². The predicted molar refractivity (Wildman–Crippen MR) is 51.7 cm³/mol. The van der Waals surface area contributed by atoms with Crippen LogP contribution in [-0.2, 0) is 0 Å². The Morgan fingerprint density at radius 3 is 2.83 bits per heavy atom. The molecule has 0 radical (unpaired) electrons. The van der Waals surface area contributed by atoms with Crippen molar-refractivity contribution < 1.29 is 0 Å². The molecule has 12 heavy (non-hydrogen) atoms. The molecule has 0 amide bonds. The maximum atomic E-state index is 7.79. The SMILES string of the molecule is CC1N=CCC(C=N)C(=N)C1C. The topological polar surface area (TPSA) is 60.1 Å². The van der Waals surface area contributed by atoms with Crippen molar-refractivity contribution in [3.05, 3.63) is 0 Å². The van der Waals surface area contributed by atoms with Gasteiger partial charge in [-0.05, 0) is 13.3 Å². The van der Waals surface area contributed by atoms with Gasteiger partial charge in [0.1, 0.15) is 0 Å². The predicted octanol–water partition coefficient (Wildman–Crippen LogP) is 1.77. The Balaban J connectivity index is 2.82. The fourth-order valence-electron chi connectivity index (χ4n) is 1.35. The minimum absolute atomic E-state index is 0.0197. The van der Waals surface area contributed by atoms with Crippen LogP contribution in [0.25, 0.3) is 0 Å². The third kappa shape index (κ3) is 1.60. The highest BCUT2D eigenvalue weighted by molar-refractivity contribution is 6.00. The summed E-state index contributed by atoms with van der Waals surface area (Å²) in [6.07, 6.45) is 3.91. The molecule has 1 heterocycles. The molecule has 3 unspecified atom stereocenters. The van der Waals surface area contributed by atoms with Crippen molar-refractivity contribution in [3.8, 4) is 0 Å². The first kappa shape index (κ1) is 9.10. The molecule has 2 N–H and O–H groups in total. The average molecular weight is 165 g/mol. The first-order chi connectivity index (χ1) is 5.66. The standard InChI is InChI=1S/C9H15N3/c1-6-7(2)12-4-3-8(5-10)9(6)11/h4-8,10-11H,3H2,1-2H3. The lowest BCUT2D eigenvalue weighted by molar-refractivity contribution is 0.608. The van der Waals surface area contributed by atoms with E-state index in [1.54, 1.807) is 0 Å². The van der Waals surface area contributed by atoms with Gasteiger partial charge in [-0.25, -0.2) is 0 Å². The van der Waals surface area contributed by atoms with Gasteiger partial charge in [0.05, 0.1) is 6.04 Å². The van der Waals surface area contributed by atoms with Crippen LogP contribution < -0.4 is 0 Å². The minimum Gasteiger partial charge on any atom is -0.312 e. The lowest BCUT2D eigenvalue weighted by Crippen LogP contribution is -2.26. The number of rotatable bonds is 1. The van der Waals surface area contributed by atoms with Gasteiger partial charge >= 0.3 is 0 Å². The van der Waals surface area contributed by atoms with Gasteiger partial charge in [0.2, 0.25) is 0 Å². The largest absolute Gasteiger partial charge is 0.312 e. The molecule has 0 aromatic rings. The summed E-state index contributed by atoms with van der Waals surface area (Å²) in [5.41, 5.74) is 0.648. The van der Waals surface area contributed by atoms with Gasteiger partial charge < -0.3 is 10.8 Å². The summed E-state index contributed by atoms with van der Waals surface area (Å²) in [7, 11) is 0. The van der Waals surface area contributed by atoms with Crippen molar-refractivity contribution in [2.75, 3.05) is 0 Å². The highest BCUT2D eigenvalue weighted by atomic mass is 14.8. The highest BCUT2D eigenvalue weighted by Gasteiger charge is 2.24. The number of nitrogens with zero attached hydrogens (tertiary/aromatic N) is 1. The zero-order valence-corrected chi connectivity index (χ0v) is 7.54. The normalized spacial score (nSPS) is 36.2. The molecule has 1 rings (SSSR count). The third-order valence-electron chi connectivity index (χ3n) is 2.51. The lowest BCUT2D eigenvalue weighted by atomic mass is 9.89. The van der Waals surface area contributed by atoms with Crippen LogP contribution in [-0.4, -0.2) is 24.2 Å². The molecule has 1 aliphatic rings. The van der Waals surface area contributed by atoms with E-state index < -0.39 is 0 Å². The van der Waals surface area contributed by atoms with Crippen molar-refractivity contribution in [1.82, 2.24) is 0 Å². The second-order valence-electron chi connectivity index (χ2n) is 3.33. The van der Waals surface area contributed by atoms with E-state index in [-0.39, 0.29) is 17.9 Å². The lowest BCUT2D eigenvalue weighted by Gasteiger charge is -2.17. The van der Waals surface area contributed by atoms with Gasteiger partial charge in [0.25, 0.3) is 0 Å². The molecule has 3 heteroatoms. The Bertz CT molecular complexity index is 220. The summed E-state index contributed by atoms with van der Waals surface area (Å²) < 4.78 is 0. The Hall–Kier alpha value is -0.990. The Labute approximate surface area is 72.9 Å². The van der Waals surface area contributed by atoms with E-state index in [0.29, 0.717) is 5.71 Å². The summed E-state index contributed by atoms with van der Waals surface area (Å²) in [5, 5.41) is 14.9. The van der Waals surface area contributed by atoms with Crippen LogP contribution in [0.5, 0.6) is 0 Å². The quantitative estimate of drug-likeness (QED) is 0.556. The molecule has 0 aromatic heterocycles. The van der Waals surface area contributed by atoms with Crippen LogP contribution in [0.15, 0.2) is 4.99 Å². The fourth-order valence-corrected chi connectivity index (χ4v) is 1.35. The van der Waals surface area contributed by atoms with Gasteiger partial charge in [-0.15, -0.1) is 0 Å². The molecule has 0 saturated carbocycles. The van der Waals surface area contributed by atoms with Crippen LogP contribution in [0.4, 0.5) is 0 Å². The number of nitrogens with one attached hydrogen (secondary N) is 2. The zero-order valence-electron chi connectivity index (χ0n) is 7.54. The monoisotopic (exact) mass is 165 g/mol. The van der Waals surface area contributed by atoms with E-state index in [9.17, 15) is 0 Å². The van der Waals surface area contributed by atoms with Crippen molar-refractivity contribution in [1.29, 1.82) is 10.8 Å². The molecular formula is C9H15N3. The molecule has 0 saturated heterocycles. The molecule has 0 fully saturated rings. The van der Waals surface area contributed by atoms with Gasteiger partial charge in [-0.3, -0.25) is 4.99 Å². The average Bonchev–Trinajstić information content (AvgIpc) is 2.19. The smallest absolute Gasteiger partial charge is 0.0545 e. The zero-order chi connectivity index (χ0) is 9.14. The van der Waals surface area contributed by atoms with Crippen LogP contribution in [0, 0.1) is 22.7 Å². The number of hydrogen-bond acceptors (Lipinski definition) is 3. The molecular weight excluding hydrogens is 150 g/mol. The maximum absolute atomic E-state index is 7.79. The molecule has 3 nitrogen and oxygen atoms in total. The molecule has 66 valence electrons. The van der Waals surface area contributed by atoms with Crippen LogP contribution in [0.3, 0.4) is 0 Å². The van der Waals surface area contributed by atoms with Gasteiger partial charge in [0, 0.05) is 30.0 Å². The second-order valence-corrected chi connectivity index (χ2v) is 3.33. The minimum atomic E-state index is -0.0197. The van der Waals surface area contributed by atoms with Crippen molar-refractivity contribution in [3.63, 3.8) is 0 Å². The Kier molecular flexibility index (Phi) is 2.74. The summed E-state index contributed by atoms with van der Waals surface area (Å²) in [4.78, 5) is 4.28. The first-order valence-electron chi connectivity index (χ1n) is 4.27. The van der Waals surface area contributed by atoms with Crippen LogP contribution in [0.2, 0.25) is 0 Å². The summed E-state index contributed by atoms with van der Waals surface area (Å²) in [6, 6.07) is 0.197. The van der Waals surface area contributed by atoms with Gasteiger partial charge in [-0.1, -0.05) is 6.92 Å². The molecule has 0 aliphatic carbocycles. The van der Waals surface area contributed by atoms with Crippen molar-refractivity contribution in [2.45, 2.75) is 26.3 Å². The summed E-state index contributed by atoms with van der Waals surface area (Å²) in [5.74, 6) is 0.157. The van der Waals surface area contributed by atoms with Gasteiger partial charge in [0.15, 0.2) is 0 Å². The van der Waals surface area contributed by atoms with Crippen LogP contribution >= 0.6 is 0 Å². The van der Waals surface area contributed by atoms with Crippen molar-refractivity contribution >= 4 is 18.1 Å². The highest BCUT2D eigenvalue weighted by Crippen LogP contribution is 2.18. The third-order valence-corrected chi connectivity index (χ3v) is 2.51. The Morgan fingerprint density at radius 2 is 2.25 bits per heavy atom. The first-order valence-corrected chi connectivity index (χ1v) is 4.27. The molecule has 1 aliphatic heterocycles. The molecule has 0 aromatic carbocycles. The second kappa shape index (κ2) is 3.61. The fraction of sp³-hybridized carbons (Fsp3) is 0.667. The van der Waals surface area contributed by atoms with Crippen molar-refractivity contribution in [2.24, 2.45) is 16.8 Å². The maximum Gasteiger partial charge on any atom is 0.0545 e. The van der Waals surface area contributed by atoms with Crippen LogP contribution in [0.1, 0.15) is 20.3 Å². The molecule has 0 spiro atoms. The van der Waals surface area contributed by atoms with Gasteiger partial charge in [-0.2, -0.15) is 0 Å². The van der Waals surface area contributed by atoms with E-state index in [0.717, 1.165) is 6.42 Å². The van der Waals surface area contributed by atoms with E-state index in [1.807, 2.05) is 20.1 Å². The Morgan fingerprint density at radius 1 is 1.58 bits per heavy atom. The molecule has 3 atom stereocenters. The summed E-state index contributed by atoms with van der Waals surface area (Å²) in [6.45, 7) is 4.02. The van der Waals surface area contributed by atoms with E-state index in [4.69, 9.17) is 10.8 Å². The van der Waals surface area contributed by atoms with E-state index in [1.165, 1.54) is 6.21 Å². The number of hydrogen-bond donors (Lipinski definition) is 2. The van der Waals surface area contributed by atoms with E-state index in [2.05, 4.69) is 4.99 Å². The number of aliphatic imine (C=N–C) groups is 1. The summed E-state index contributed by atoms with van der Waals surface area (Å²) >= 11 is 0. The molecule has 0 bridgehead atoms.